The van der Waals surface area contributed by atoms with Crippen molar-refractivity contribution in [3.05, 3.63) is 84.2 Å². The van der Waals surface area contributed by atoms with Gasteiger partial charge in [0.2, 0.25) is 0 Å². The molecular formula is C32H33N5O4. The van der Waals surface area contributed by atoms with Gasteiger partial charge >= 0.3 is 5.97 Å². The third-order valence-corrected chi connectivity index (χ3v) is 7.81. The van der Waals surface area contributed by atoms with E-state index in [-0.39, 0.29) is 19.1 Å². The van der Waals surface area contributed by atoms with Gasteiger partial charge in [-0.3, -0.25) is 14.4 Å². The maximum absolute atomic E-state index is 11.4. The average Bonchev–Trinajstić information content (AvgIpc) is 3.59. The maximum atomic E-state index is 11.4. The normalized spacial score (nSPS) is 15.6. The fraction of sp³-hybridized carbons (Fsp3) is 0.281. The molecule has 9 nitrogen and oxygen atoms in total. The molecule has 1 fully saturated rings. The van der Waals surface area contributed by atoms with E-state index in [4.69, 9.17) is 20.3 Å². The first kappa shape index (κ1) is 26.7. The topological polar surface area (TPSA) is 116 Å². The molecule has 0 unspecified atom stereocenters. The molecule has 1 saturated heterocycles. The fourth-order valence-electron chi connectivity index (χ4n) is 5.69. The highest BCUT2D eigenvalue weighted by Gasteiger charge is 2.27. The number of aromatic nitrogens is 3. The number of methoxy groups -OCH3 is 1. The van der Waals surface area contributed by atoms with Crippen LogP contribution in [0.4, 0.5) is 5.82 Å². The highest BCUT2D eigenvalue weighted by molar-refractivity contribution is 5.95. The molecule has 5 aromatic rings. The molecule has 0 aliphatic carbocycles. The van der Waals surface area contributed by atoms with Crippen LogP contribution >= 0.6 is 0 Å². The number of aliphatic carboxylic acids is 1. The number of carbonyl (C=O) groups is 1. The van der Waals surface area contributed by atoms with Crippen molar-refractivity contribution in [3.8, 4) is 16.9 Å². The monoisotopic (exact) mass is 551 g/mol. The summed E-state index contributed by atoms with van der Waals surface area (Å²) in [5, 5.41) is 17.4. The van der Waals surface area contributed by atoms with Crippen molar-refractivity contribution in [2.45, 2.75) is 25.5 Å². The molecule has 3 N–H and O–H groups in total. The zero-order valence-corrected chi connectivity index (χ0v) is 23.0. The van der Waals surface area contributed by atoms with Crippen LogP contribution in [-0.2, 0) is 22.6 Å². The summed E-state index contributed by atoms with van der Waals surface area (Å²) >= 11 is 0. The number of rotatable bonds is 10. The van der Waals surface area contributed by atoms with Crippen molar-refractivity contribution in [2.75, 3.05) is 39.1 Å². The molecule has 3 aromatic carbocycles. The number of pyridine rings is 1. The lowest BCUT2D eigenvalue weighted by molar-refractivity contribution is -0.136. The second-order valence-electron chi connectivity index (χ2n) is 10.5. The van der Waals surface area contributed by atoms with Gasteiger partial charge in [-0.25, -0.2) is 4.98 Å². The number of anilines is 1. The SMILES string of the molecule is COCCN1CC[C@H](n2nc3ccc(-c4ccc5ccnc(N)c5c4)cc3c2COc2ccccc2CC(=O)O)C1. The lowest BCUT2D eigenvalue weighted by Gasteiger charge is -2.18. The van der Waals surface area contributed by atoms with Crippen molar-refractivity contribution in [1.29, 1.82) is 0 Å². The number of carboxylic acid groups (broad SMARTS) is 1. The molecular weight excluding hydrogens is 518 g/mol. The van der Waals surface area contributed by atoms with Crippen LogP contribution in [0.15, 0.2) is 72.9 Å². The summed E-state index contributed by atoms with van der Waals surface area (Å²) in [6.07, 6.45) is 2.60. The first-order valence-electron chi connectivity index (χ1n) is 13.8. The standard InChI is InChI=1S/C32H33N5O4/c1-40-15-14-36-13-11-25(19-36)37-29(20-41-30-5-3-2-4-24(30)18-31(38)39)27-17-23(8-9-28(27)35-37)22-7-6-21-10-12-34-32(33)26(21)16-22/h2-10,12,16-17,25H,11,13-15,18-20H2,1H3,(H2,33,34)(H,38,39)/t25-/m0/s1. The molecule has 2 aromatic heterocycles. The predicted molar refractivity (Wildman–Crippen MR) is 159 cm³/mol. The van der Waals surface area contributed by atoms with Gasteiger partial charge in [-0.05, 0) is 53.3 Å². The quantitative estimate of drug-likeness (QED) is 0.251. The predicted octanol–water partition coefficient (Wildman–Crippen LogP) is 4.93. The van der Waals surface area contributed by atoms with Gasteiger partial charge in [0.25, 0.3) is 0 Å². The number of carboxylic acids is 1. The van der Waals surface area contributed by atoms with E-state index in [1.807, 2.05) is 24.3 Å². The van der Waals surface area contributed by atoms with Gasteiger partial charge in [0.15, 0.2) is 0 Å². The van der Waals surface area contributed by atoms with Gasteiger partial charge < -0.3 is 20.3 Å². The van der Waals surface area contributed by atoms with Crippen molar-refractivity contribution < 1.29 is 19.4 Å². The number of para-hydroxylation sites is 1. The zero-order valence-electron chi connectivity index (χ0n) is 23.0. The minimum atomic E-state index is -0.894. The van der Waals surface area contributed by atoms with Crippen molar-refractivity contribution >= 4 is 33.5 Å². The number of nitrogens with zero attached hydrogens (tertiary/aromatic N) is 4. The number of fused-ring (bicyclic) bond motifs is 2. The lowest BCUT2D eigenvalue weighted by atomic mass is 10.00. The third-order valence-electron chi connectivity index (χ3n) is 7.81. The second kappa shape index (κ2) is 11.6. The molecule has 0 bridgehead atoms. The fourth-order valence-corrected chi connectivity index (χ4v) is 5.69. The molecule has 0 radical (unpaired) electrons. The van der Waals surface area contributed by atoms with Crippen LogP contribution in [0.25, 0.3) is 32.8 Å². The summed E-state index contributed by atoms with van der Waals surface area (Å²) in [5.74, 6) is 0.179. The molecule has 3 heterocycles. The Bertz CT molecular complexity index is 1720. The van der Waals surface area contributed by atoms with E-state index in [1.165, 1.54) is 0 Å². The Labute approximate surface area is 238 Å². The molecule has 210 valence electrons. The van der Waals surface area contributed by atoms with Crippen LogP contribution < -0.4 is 10.5 Å². The van der Waals surface area contributed by atoms with Crippen LogP contribution in [0.1, 0.15) is 23.7 Å². The van der Waals surface area contributed by atoms with Crippen molar-refractivity contribution in [2.24, 2.45) is 0 Å². The minimum Gasteiger partial charge on any atom is -0.487 e. The number of nitrogen functional groups attached to an aromatic ring is 1. The second-order valence-corrected chi connectivity index (χ2v) is 10.5. The third kappa shape index (κ3) is 5.59. The van der Waals surface area contributed by atoms with E-state index >= 15 is 0 Å². The van der Waals surface area contributed by atoms with Crippen LogP contribution in [0.3, 0.4) is 0 Å². The van der Waals surface area contributed by atoms with Crippen LogP contribution in [0.2, 0.25) is 0 Å². The van der Waals surface area contributed by atoms with E-state index in [0.29, 0.717) is 23.7 Å². The number of benzene rings is 3. The Morgan fingerprint density at radius 1 is 1.07 bits per heavy atom. The van der Waals surface area contributed by atoms with E-state index in [2.05, 4.69) is 51.0 Å². The Kier molecular flexibility index (Phi) is 7.54. The zero-order chi connectivity index (χ0) is 28.3. The molecule has 9 heteroatoms. The van der Waals surface area contributed by atoms with Gasteiger partial charge in [-0.2, -0.15) is 5.10 Å². The van der Waals surface area contributed by atoms with Gasteiger partial charge in [0.1, 0.15) is 18.2 Å². The van der Waals surface area contributed by atoms with E-state index < -0.39 is 5.97 Å². The Morgan fingerprint density at radius 2 is 1.88 bits per heavy atom. The van der Waals surface area contributed by atoms with E-state index in [0.717, 1.165) is 64.6 Å². The summed E-state index contributed by atoms with van der Waals surface area (Å²) < 4.78 is 13.7. The van der Waals surface area contributed by atoms with Gasteiger partial charge in [0.05, 0.1) is 30.3 Å². The van der Waals surface area contributed by atoms with Crippen LogP contribution in [0.5, 0.6) is 5.75 Å². The molecule has 1 aliphatic rings. The number of nitrogens with two attached hydrogens (primary N) is 1. The highest BCUT2D eigenvalue weighted by Crippen LogP contribution is 2.33. The number of likely N-dealkylation sites (tertiary alicyclic amines) is 1. The minimum absolute atomic E-state index is 0.0998. The average molecular weight is 552 g/mol. The van der Waals surface area contributed by atoms with Gasteiger partial charge in [0, 0.05) is 49.3 Å². The van der Waals surface area contributed by atoms with E-state index in [9.17, 15) is 9.90 Å². The number of hydrogen-bond acceptors (Lipinski definition) is 7. The maximum Gasteiger partial charge on any atom is 0.307 e. The molecule has 1 atom stereocenters. The van der Waals surface area contributed by atoms with Crippen molar-refractivity contribution in [3.63, 3.8) is 0 Å². The van der Waals surface area contributed by atoms with Crippen LogP contribution in [-0.4, -0.2) is 64.1 Å². The lowest BCUT2D eigenvalue weighted by Crippen LogP contribution is -2.26. The highest BCUT2D eigenvalue weighted by atomic mass is 16.5. The van der Waals surface area contributed by atoms with Gasteiger partial charge in [-0.1, -0.05) is 36.4 Å². The molecule has 6 rings (SSSR count). The molecule has 1 aliphatic heterocycles. The summed E-state index contributed by atoms with van der Waals surface area (Å²) in [6.45, 7) is 3.69. The summed E-state index contributed by atoms with van der Waals surface area (Å²) in [5.41, 5.74) is 10.8. The first-order chi connectivity index (χ1) is 20.0. The Balaban J connectivity index is 1.39. The molecule has 0 spiro atoms. The molecule has 0 saturated carbocycles. The van der Waals surface area contributed by atoms with Crippen molar-refractivity contribution in [1.82, 2.24) is 19.7 Å². The van der Waals surface area contributed by atoms with Gasteiger partial charge in [-0.15, -0.1) is 0 Å². The molecule has 41 heavy (non-hydrogen) atoms. The Morgan fingerprint density at radius 3 is 2.71 bits per heavy atom. The summed E-state index contributed by atoms with van der Waals surface area (Å²) in [4.78, 5) is 18.1. The molecule has 0 amide bonds. The number of ether oxygens (including phenoxy) is 2. The van der Waals surface area contributed by atoms with Crippen LogP contribution in [0, 0.1) is 0 Å². The largest absolute Gasteiger partial charge is 0.487 e. The Hall–Kier alpha value is -4.47. The summed E-state index contributed by atoms with van der Waals surface area (Å²) in [6, 6.07) is 22.0. The first-order valence-corrected chi connectivity index (χ1v) is 13.8. The number of hydrogen-bond donors (Lipinski definition) is 2. The summed E-state index contributed by atoms with van der Waals surface area (Å²) in [7, 11) is 1.73. The van der Waals surface area contributed by atoms with E-state index in [1.54, 1.807) is 19.4 Å². The smallest absolute Gasteiger partial charge is 0.307 e.